The van der Waals surface area contributed by atoms with E-state index in [9.17, 15) is 0 Å². The Bertz CT molecular complexity index is 289. The number of halogens is 1. The monoisotopic (exact) mass is 200 g/mol. The molecule has 0 aliphatic rings. The van der Waals surface area contributed by atoms with Crippen LogP contribution in [0.4, 0.5) is 0 Å². The summed E-state index contributed by atoms with van der Waals surface area (Å²) in [6.45, 7) is 0.670. The zero-order chi connectivity index (χ0) is 9.84. The topological polar surface area (TPSA) is 38.5 Å². The minimum atomic E-state index is 0.613. The highest BCUT2D eigenvalue weighted by molar-refractivity contribution is 6.32. The third-order valence-corrected chi connectivity index (χ3v) is 1.94. The quantitative estimate of drug-likeness (QED) is 0.596. The van der Waals surface area contributed by atoms with Crippen LogP contribution < -0.4 is 10.6 Å². The summed E-state index contributed by atoms with van der Waals surface area (Å²) in [7, 11) is 3.40. The second-order valence-corrected chi connectivity index (χ2v) is 3.29. The maximum absolute atomic E-state index is 5.93. The molecule has 2 N–H and O–H groups in total. The van der Waals surface area contributed by atoms with Gasteiger partial charge in [-0.1, -0.05) is 17.7 Å². The van der Waals surface area contributed by atoms with Gasteiger partial charge in [0.15, 0.2) is 0 Å². The van der Waals surface area contributed by atoms with E-state index in [1.165, 1.54) is 0 Å². The fraction of sp³-hybridized carbons (Fsp3) is 0.333. The van der Waals surface area contributed by atoms with Crippen molar-refractivity contribution in [2.45, 2.75) is 6.54 Å². The van der Waals surface area contributed by atoms with Gasteiger partial charge in [0.1, 0.15) is 5.75 Å². The van der Waals surface area contributed by atoms with E-state index in [-0.39, 0.29) is 0 Å². The van der Waals surface area contributed by atoms with Gasteiger partial charge in [0, 0.05) is 13.6 Å². The predicted molar refractivity (Wildman–Crippen MR) is 53.7 cm³/mol. The second-order valence-electron chi connectivity index (χ2n) is 2.88. The lowest BCUT2D eigenvalue weighted by Crippen LogP contribution is -2.24. The molecule has 0 atom stereocenters. The normalized spacial score (nSPS) is 10.5. The van der Waals surface area contributed by atoms with Crippen molar-refractivity contribution in [3.05, 3.63) is 28.8 Å². The summed E-state index contributed by atoms with van der Waals surface area (Å²) >= 11 is 5.93. The van der Waals surface area contributed by atoms with Crippen LogP contribution >= 0.6 is 11.6 Å². The van der Waals surface area contributed by atoms with Gasteiger partial charge in [-0.15, -0.1) is 0 Å². The van der Waals surface area contributed by atoms with Crippen molar-refractivity contribution in [1.82, 2.24) is 5.01 Å². The Labute approximate surface area is 83.0 Å². The molecule has 0 saturated heterocycles. The molecule has 0 amide bonds. The summed E-state index contributed by atoms with van der Waals surface area (Å²) in [5, 5.41) is 2.21. The molecule has 1 rings (SSSR count). The molecule has 0 spiro atoms. The van der Waals surface area contributed by atoms with Crippen LogP contribution in [0.15, 0.2) is 18.2 Å². The standard InChI is InChI=1S/C9H13ClN2O/c1-12(11)6-7-3-4-9(13-2)8(10)5-7/h3-5H,6,11H2,1-2H3. The molecule has 4 heteroatoms. The van der Waals surface area contributed by atoms with E-state index in [1.807, 2.05) is 18.2 Å². The molecule has 72 valence electrons. The molecule has 0 aliphatic carbocycles. The molecule has 0 unspecified atom stereocenters. The summed E-state index contributed by atoms with van der Waals surface area (Å²) < 4.78 is 5.03. The van der Waals surface area contributed by atoms with Crippen LogP contribution in [-0.4, -0.2) is 19.2 Å². The minimum absolute atomic E-state index is 0.613. The number of rotatable bonds is 3. The zero-order valence-corrected chi connectivity index (χ0v) is 8.51. The lowest BCUT2D eigenvalue weighted by Gasteiger charge is -2.10. The second kappa shape index (κ2) is 4.46. The fourth-order valence-electron chi connectivity index (χ4n) is 1.10. The SMILES string of the molecule is COc1ccc(CN(C)N)cc1Cl. The van der Waals surface area contributed by atoms with Gasteiger partial charge in [0.25, 0.3) is 0 Å². The van der Waals surface area contributed by atoms with Crippen LogP contribution in [0.1, 0.15) is 5.56 Å². The lowest BCUT2D eigenvalue weighted by atomic mass is 10.2. The third kappa shape index (κ3) is 2.88. The van der Waals surface area contributed by atoms with E-state index in [1.54, 1.807) is 19.2 Å². The highest BCUT2D eigenvalue weighted by atomic mass is 35.5. The van der Waals surface area contributed by atoms with Crippen LogP contribution in [-0.2, 0) is 6.54 Å². The van der Waals surface area contributed by atoms with Gasteiger partial charge in [0.05, 0.1) is 12.1 Å². The van der Waals surface area contributed by atoms with E-state index in [0.717, 1.165) is 5.56 Å². The molecule has 1 aromatic carbocycles. The van der Waals surface area contributed by atoms with Gasteiger partial charge in [0.2, 0.25) is 0 Å². The third-order valence-electron chi connectivity index (χ3n) is 1.65. The molecule has 0 aromatic heterocycles. The first-order valence-electron chi connectivity index (χ1n) is 3.91. The van der Waals surface area contributed by atoms with Crippen LogP contribution in [0, 0.1) is 0 Å². The van der Waals surface area contributed by atoms with Crippen molar-refractivity contribution in [1.29, 1.82) is 0 Å². The van der Waals surface area contributed by atoms with Gasteiger partial charge in [-0.25, -0.2) is 5.01 Å². The molecule has 3 nitrogen and oxygen atoms in total. The summed E-state index contributed by atoms with van der Waals surface area (Å²) in [5.74, 6) is 6.19. The van der Waals surface area contributed by atoms with Crippen LogP contribution in [0.25, 0.3) is 0 Å². The summed E-state index contributed by atoms with van der Waals surface area (Å²) in [4.78, 5) is 0. The molecule has 0 radical (unpaired) electrons. The minimum Gasteiger partial charge on any atom is -0.495 e. The van der Waals surface area contributed by atoms with Crippen LogP contribution in [0.3, 0.4) is 0 Å². The molecular weight excluding hydrogens is 188 g/mol. The van der Waals surface area contributed by atoms with Crippen molar-refractivity contribution in [3.8, 4) is 5.75 Å². The Kier molecular flexibility index (Phi) is 3.54. The Morgan fingerprint density at radius 3 is 2.69 bits per heavy atom. The van der Waals surface area contributed by atoms with E-state index >= 15 is 0 Å². The maximum Gasteiger partial charge on any atom is 0.137 e. The largest absolute Gasteiger partial charge is 0.495 e. The Morgan fingerprint density at radius 1 is 1.54 bits per heavy atom. The highest BCUT2D eigenvalue weighted by Crippen LogP contribution is 2.24. The van der Waals surface area contributed by atoms with Gasteiger partial charge in [-0.3, -0.25) is 5.84 Å². The summed E-state index contributed by atoms with van der Waals surface area (Å²) in [5.41, 5.74) is 1.07. The van der Waals surface area contributed by atoms with Crippen molar-refractivity contribution in [3.63, 3.8) is 0 Å². The molecule has 0 bridgehead atoms. The molecule has 1 aromatic rings. The summed E-state index contributed by atoms with van der Waals surface area (Å²) in [6, 6.07) is 5.62. The first kappa shape index (κ1) is 10.3. The van der Waals surface area contributed by atoms with E-state index in [0.29, 0.717) is 17.3 Å². The number of benzene rings is 1. The van der Waals surface area contributed by atoms with E-state index in [2.05, 4.69) is 0 Å². The molecular formula is C9H13ClN2O. The molecule has 0 saturated carbocycles. The van der Waals surface area contributed by atoms with Gasteiger partial charge in [-0.2, -0.15) is 0 Å². The number of hydrazine groups is 1. The fourth-order valence-corrected chi connectivity index (χ4v) is 1.38. The molecule has 0 heterocycles. The average molecular weight is 201 g/mol. The number of nitrogens with zero attached hydrogens (tertiary/aromatic N) is 1. The molecule has 0 aliphatic heterocycles. The van der Waals surface area contributed by atoms with Crippen LogP contribution in [0.5, 0.6) is 5.75 Å². The van der Waals surface area contributed by atoms with Crippen molar-refractivity contribution in [2.75, 3.05) is 14.2 Å². The Hall–Kier alpha value is -0.770. The number of methoxy groups -OCH3 is 1. The molecule has 13 heavy (non-hydrogen) atoms. The maximum atomic E-state index is 5.93. The molecule has 0 fully saturated rings. The van der Waals surface area contributed by atoms with Crippen LogP contribution in [0.2, 0.25) is 5.02 Å². The summed E-state index contributed by atoms with van der Waals surface area (Å²) in [6.07, 6.45) is 0. The zero-order valence-electron chi connectivity index (χ0n) is 7.75. The number of hydrogen-bond donors (Lipinski definition) is 1. The van der Waals surface area contributed by atoms with Gasteiger partial charge in [-0.05, 0) is 17.7 Å². The first-order valence-corrected chi connectivity index (χ1v) is 4.29. The Morgan fingerprint density at radius 2 is 2.23 bits per heavy atom. The van der Waals surface area contributed by atoms with Gasteiger partial charge < -0.3 is 4.74 Å². The Balaban J connectivity index is 2.83. The first-order chi connectivity index (χ1) is 6.13. The van der Waals surface area contributed by atoms with E-state index in [4.69, 9.17) is 22.2 Å². The van der Waals surface area contributed by atoms with E-state index < -0.39 is 0 Å². The lowest BCUT2D eigenvalue weighted by molar-refractivity contribution is 0.341. The predicted octanol–water partition coefficient (Wildman–Crippen LogP) is 1.65. The number of ether oxygens (including phenoxy) is 1. The highest BCUT2D eigenvalue weighted by Gasteiger charge is 2.02. The van der Waals surface area contributed by atoms with Crippen molar-refractivity contribution >= 4 is 11.6 Å². The van der Waals surface area contributed by atoms with Gasteiger partial charge >= 0.3 is 0 Å². The van der Waals surface area contributed by atoms with Crippen molar-refractivity contribution in [2.24, 2.45) is 5.84 Å². The average Bonchev–Trinajstić information content (AvgIpc) is 2.03. The number of hydrogen-bond acceptors (Lipinski definition) is 3. The smallest absolute Gasteiger partial charge is 0.137 e. The van der Waals surface area contributed by atoms with Crippen molar-refractivity contribution < 1.29 is 4.74 Å². The number of nitrogens with two attached hydrogens (primary N) is 1.